The lowest BCUT2D eigenvalue weighted by molar-refractivity contribution is 0.347. The van der Waals surface area contributed by atoms with Gasteiger partial charge >= 0.3 is 0 Å². The van der Waals surface area contributed by atoms with Crippen molar-refractivity contribution in [2.45, 2.75) is 13.0 Å². The summed E-state index contributed by atoms with van der Waals surface area (Å²) in [6, 6.07) is 12.4. The van der Waals surface area contributed by atoms with E-state index in [4.69, 9.17) is 4.74 Å². The molecule has 3 rings (SSSR count). The molecule has 4 nitrogen and oxygen atoms in total. The molecule has 92 valence electrons. The Morgan fingerprint density at radius 2 is 2.06 bits per heavy atom. The van der Waals surface area contributed by atoms with Crippen molar-refractivity contribution in [2.24, 2.45) is 4.99 Å². The summed E-state index contributed by atoms with van der Waals surface area (Å²) in [6.45, 7) is 2.29. The molecule has 1 aliphatic heterocycles. The second kappa shape index (κ2) is 5.04. The largest absolute Gasteiger partial charge is 0.474 e. The van der Waals surface area contributed by atoms with Crippen LogP contribution in [0.2, 0.25) is 0 Å². The molecule has 0 bridgehead atoms. The summed E-state index contributed by atoms with van der Waals surface area (Å²) >= 11 is 0. The lowest BCUT2D eigenvalue weighted by Gasteiger charge is -2.02. The highest BCUT2D eigenvalue weighted by Crippen LogP contribution is 2.06. The third kappa shape index (κ3) is 2.42. The molecule has 2 aromatic rings. The number of rotatable bonds is 4. The second-order valence-electron chi connectivity index (χ2n) is 4.23. The van der Waals surface area contributed by atoms with Crippen LogP contribution in [0, 0.1) is 0 Å². The molecular weight excluding hydrogens is 226 g/mol. The van der Waals surface area contributed by atoms with Gasteiger partial charge in [-0.2, -0.15) is 5.10 Å². The first-order chi connectivity index (χ1) is 8.92. The Balaban J connectivity index is 1.64. The third-order valence-corrected chi connectivity index (χ3v) is 2.92. The minimum atomic E-state index is 0.673. The van der Waals surface area contributed by atoms with Gasteiger partial charge in [-0.25, -0.2) is 4.99 Å². The van der Waals surface area contributed by atoms with E-state index >= 15 is 0 Å². The van der Waals surface area contributed by atoms with Gasteiger partial charge in [0.2, 0.25) is 5.90 Å². The molecule has 1 aromatic heterocycles. The van der Waals surface area contributed by atoms with Gasteiger partial charge in [0.1, 0.15) is 12.3 Å². The van der Waals surface area contributed by atoms with Crippen molar-refractivity contribution in [1.29, 1.82) is 0 Å². The Bertz CT molecular complexity index is 545. The summed E-state index contributed by atoms with van der Waals surface area (Å²) in [4.78, 5) is 4.26. The van der Waals surface area contributed by atoms with Gasteiger partial charge in [-0.3, -0.25) is 4.68 Å². The van der Waals surface area contributed by atoms with Gasteiger partial charge in [0.15, 0.2) is 0 Å². The molecule has 0 amide bonds. The van der Waals surface area contributed by atoms with Gasteiger partial charge < -0.3 is 4.74 Å². The molecule has 0 saturated carbocycles. The minimum absolute atomic E-state index is 0.673. The van der Waals surface area contributed by atoms with Gasteiger partial charge in [0, 0.05) is 12.7 Å². The molecule has 4 heteroatoms. The maximum atomic E-state index is 5.39. The van der Waals surface area contributed by atoms with Crippen molar-refractivity contribution in [3.8, 4) is 0 Å². The lowest BCUT2D eigenvalue weighted by atomic mass is 10.2. The maximum Gasteiger partial charge on any atom is 0.237 e. The highest BCUT2D eigenvalue weighted by atomic mass is 16.5. The van der Waals surface area contributed by atoms with Crippen molar-refractivity contribution in [2.75, 3.05) is 13.2 Å². The number of aliphatic imine (C=N–C) groups is 1. The molecule has 0 atom stereocenters. The number of aryl methyl sites for hydroxylation is 2. The lowest BCUT2D eigenvalue weighted by Crippen LogP contribution is -2.06. The number of ether oxygens (including phenoxy) is 1. The number of aromatic nitrogens is 2. The van der Waals surface area contributed by atoms with Gasteiger partial charge in [0.05, 0.1) is 6.54 Å². The summed E-state index contributed by atoms with van der Waals surface area (Å²) in [5.74, 6) is 0.675. The van der Waals surface area contributed by atoms with E-state index in [1.54, 1.807) is 0 Å². The molecule has 0 saturated heterocycles. The third-order valence-electron chi connectivity index (χ3n) is 2.92. The average molecular weight is 241 g/mol. The Morgan fingerprint density at radius 3 is 2.83 bits per heavy atom. The fourth-order valence-electron chi connectivity index (χ4n) is 1.98. The zero-order chi connectivity index (χ0) is 12.2. The van der Waals surface area contributed by atoms with Crippen LogP contribution in [0.3, 0.4) is 0 Å². The fraction of sp³-hybridized carbons (Fsp3) is 0.286. The van der Waals surface area contributed by atoms with Crippen LogP contribution in [0.1, 0.15) is 11.3 Å². The van der Waals surface area contributed by atoms with Crippen LogP contribution in [-0.4, -0.2) is 28.8 Å². The van der Waals surface area contributed by atoms with E-state index in [2.05, 4.69) is 34.4 Å². The molecule has 1 aromatic carbocycles. The standard InChI is InChI=1S/C14H15N3O/c1-2-4-12(5-3-1)6-9-17-10-7-13(16-17)14-15-8-11-18-14/h1-5,7,10H,6,8-9,11H2. The van der Waals surface area contributed by atoms with Crippen LogP contribution >= 0.6 is 0 Å². The second-order valence-corrected chi connectivity index (χ2v) is 4.23. The van der Waals surface area contributed by atoms with E-state index in [-0.39, 0.29) is 0 Å². The van der Waals surface area contributed by atoms with Gasteiger partial charge in [-0.1, -0.05) is 30.3 Å². The van der Waals surface area contributed by atoms with Crippen LogP contribution in [0.15, 0.2) is 47.6 Å². The van der Waals surface area contributed by atoms with E-state index in [1.807, 2.05) is 23.0 Å². The van der Waals surface area contributed by atoms with Gasteiger partial charge in [-0.05, 0) is 18.1 Å². The first-order valence-electron chi connectivity index (χ1n) is 6.17. The van der Waals surface area contributed by atoms with Crippen molar-refractivity contribution >= 4 is 5.90 Å². The van der Waals surface area contributed by atoms with Gasteiger partial charge in [-0.15, -0.1) is 0 Å². The average Bonchev–Trinajstić information content (AvgIpc) is 3.08. The molecule has 2 heterocycles. The molecule has 18 heavy (non-hydrogen) atoms. The monoisotopic (exact) mass is 241 g/mol. The summed E-state index contributed by atoms with van der Waals surface area (Å²) in [7, 11) is 0. The van der Waals surface area contributed by atoms with Crippen molar-refractivity contribution in [3.05, 3.63) is 53.9 Å². The zero-order valence-electron chi connectivity index (χ0n) is 10.1. The highest BCUT2D eigenvalue weighted by Gasteiger charge is 2.12. The van der Waals surface area contributed by atoms with Crippen LogP contribution in [0.5, 0.6) is 0 Å². The summed E-state index contributed by atoms with van der Waals surface area (Å²) in [5.41, 5.74) is 2.16. The van der Waals surface area contributed by atoms with E-state index in [0.717, 1.165) is 25.2 Å². The molecule has 0 spiro atoms. The number of benzene rings is 1. The molecule has 0 N–H and O–H groups in total. The van der Waals surface area contributed by atoms with Crippen LogP contribution in [0.25, 0.3) is 0 Å². The zero-order valence-corrected chi connectivity index (χ0v) is 10.1. The van der Waals surface area contributed by atoms with Crippen molar-refractivity contribution < 1.29 is 4.74 Å². The first kappa shape index (κ1) is 11.0. The van der Waals surface area contributed by atoms with E-state index in [1.165, 1.54) is 5.56 Å². The number of nitrogens with zero attached hydrogens (tertiary/aromatic N) is 3. The molecule has 0 radical (unpaired) electrons. The highest BCUT2D eigenvalue weighted by molar-refractivity contribution is 5.92. The Morgan fingerprint density at radius 1 is 1.17 bits per heavy atom. The molecule has 0 unspecified atom stereocenters. The molecule has 0 aliphatic carbocycles. The predicted molar refractivity (Wildman–Crippen MR) is 69.7 cm³/mol. The molecule has 0 fully saturated rings. The predicted octanol–water partition coefficient (Wildman–Crippen LogP) is 1.90. The topological polar surface area (TPSA) is 39.4 Å². The van der Waals surface area contributed by atoms with E-state index in [9.17, 15) is 0 Å². The van der Waals surface area contributed by atoms with E-state index in [0.29, 0.717) is 12.5 Å². The van der Waals surface area contributed by atoms with Crippen molar-refractivity contribution in [3.63, 3.8) is 0 Å². The molecule has 1 aliphatic rings. The Hall–Kier alpha value is -2.10. The van der Waals surface area contributed by atoms with Gasteiger partial charge in [0.25, 0.3) is 0 Å². The van der Waals surface area contributed by atoms with E-state index < -0.39 is 0 Å². The van der Waals surface area contributed by atoms with Crippen LogP contribution in [-0.2, 0) is 17.7 Å². The maximum absolute atomic E-state index is 5.39. The quantitative estimate of drug-likeness (QED) is 0.820. The summed E-state index contributed by atoms with van der Waals surface area (Å²) in [6.07, 6.45) is 2.96. The number of hydrogen-bond acceptors (Lipinski definition) is 3. The smallest absolute Gasteiger partial charge is 0.237 e. The SMILES string of the molecule is c1ccc(CCn2ccc(C3=NCCO3)n2)cc1. The summed E-state index contributed by atoms with van der Waals surface area (Å²) in [5, 5.41) is 4.47. The molecular formula is C14H15N3O. The first-order valence-corrected chi connectivity index (χ1v) is 6.17. The van der Waals surface area contributed by atoms with Crippen LogP contribution in [0.4, 0.5) is 0 Å². The normalized spacial score (nSPS) is 14.3. The summed E-state index contributed by atoms with van der Waals surface area (Å²) < 4.78 is 7.33. The van der Waals surface area contributed by atoms with Crippen LogP contribution < -0.4 is 0 Å². The number of hydrogen-bond donors (Lipinski definition) is 0. The fourth-order valence-corrected chi connectivity index (χ4v) is 1.98. The Kier molecular flexibility index (Phi) is 3.08. The Labute approximate surface area is 106 Å². The minimum Gasteiger partial charge on any atom is -0.474 e. The van der Waals surface area contributed by atoms with Crippen molar-refractivity contribution in [1.82, 2.24) is 9.78 Å².